The number of ether oxygens (including phenoxy) is 1. The zero-order valence-corrected chi connectivity index (χ0v) is 20.3. The van der Waals surface area contributed by atoms with Crippen LogP contribution in [0.3, 0.4) is 0 Å². The maximum atomic E-state index is 12.8. The highest BCUT2D eigenvalue weighted by Gasteiger charge is 2.32. The lowest BCUT2D eigenvalue weighted by molar-refractivity contribution is 0.305. The number of aromatic nitrogens is 1. The van der Waals surface area contributed by atoms with Gasteiger partial charge >= 0.3 is 0 Å². The molecule has 2 aliphatic heterocycles. The Morgan fingerprint density at radius 3 is 2.71 bits per heavy atom. The first-order chi connectivity index (χ1) is 16.6. The highest BCUT2D eigenvalue weighted by Crippen LogP contribution is 2.27. The molecule has 0 amide bonds. The van der Waals surface area contributed by atoms with E-state index in [1.54, 1.807) is 10.8 Å². The summed E-state index contributed by atoms with van der Waals surface area (Å²) in [6.07, 6.45) is 12.8. The SMILES string of the molecule is CN1C(CCCN2CCCC2)=NC2C=CC(n3ccc(OCc4ccc(Cl)cc4)cc3=O)=CC21. The van der Waals surface area contributed by atoms with Gasteiger partial charge in [-0.2, -0.15) is 0 Å². The van der Waals surface area contributed by atoms with Crippen molar-refractivity contribution in [3.05, 3.63) is 81.8 Å². The summed E-state index contributed by atoms with van der Waals surface area (Å²) < 4.78 is 7.47. The second-order valence-electron chi connectivity index (χ2n) is 9.23. The number of allylic oxidation sites excluding steroid dienone is 2. The van der Waals surface area contributed by atoms with E-state index in [0.717, 1.165) is 36.5 Å². The summed E-state index contributed by atoms with van der Waals surface area (Å²) in [4.78, 5) is 22.6. The van der Waals surface area contributed by atoms with Gasteiger partial charge in [-0.1, -0.05) is 29.8 Å². The van der Waals surface area contributed by atoms with Gasteiger partial charge in [0.1, 0.15) is 18.2 Å². The van der Waals surface area contributed by atoms with E-state index in [2.05, 4.69) is 29.0 Å². The first kappa shape index (κ1) is 22.9. The van der Waals surface area contributed by atoms with Gasteiger partial charge in [0.05, 0.1) is 12.1 Å². The van der Waals surface area contributed by atoms with Gasteiger partial charge in [-0.15, -0.1) is 0 Å². The molecule has 5 rings (SSSR count). The number of benzene rings is 1. The molecule has 2 unspecified atom stereocenters. The van der Waals surface area contributed by atoms with Crippen LogP contribution >= 0.6 is 11.6 Å². The van der Waals surface area contributed by atoms with Crippen molar-refractivity contribution in [1.29, 1.82) is 0 Å². The quantitative estimate of drug-likeness (QED) is 0.562. The van der Waals surface area contributed by atoms with Gasteiger partial charge in [0.2, 0.25) is 0 Å². The van der Waals surface area contributed by atoms with Crippen molar-refractivity contribution >= 4 is 23.1 Å². The van der Waals surface area contributed by atoms with Crippen LogP contribution in [0.25, 0.3) is 5.70 Å². The first-order valence-corrected chi connectivity index (χ1v) is 12.5. The zero-order chi connectivity index (χ0) is 23.5. The monoisotopic (exact) mass is 478 g/mol. The third kappa shape index (κ3) is 5.13. The molecule has 1 fully saturated rings. The second-order valence-corrected chi connectivity index (χ2v) is 9.66. The summed E-state index contributed by atoms with van der Waals surface area (Å²) in [6, 6.07) is 11.1. The topological polar surface area (TPSA) is 50.1 Å². The van der Waals surface area contributed by atoms with E-state index in [0.29, 0.717) is 17.4 Å². The predicted octanol–water partition coefficient (Wildman–Crippen LogP) is 4.45. The van der Waals surface area contributed by atoms with Crippen LogP contribution in [0.15, 0.2) is 70.6 Å². The summed E-state index contributed by atoms with van der Waals surface area (Å²) in [5, 5.41) is 0.690. The van der Waals surface area contributed by atoms with Gasteiger partial charge < -0.3 is 14.5 Å². The molecule has 178 valence electrons. The molecule has 7 heteroatoms. The van der Waals surface area contributed by atoms with Crippen LogP contribution in [0.1, 0.15) is 31.2 Å². The summed E-state index contributed by atoms with van der Waals surface area (Å²) in [5.74, 6) is 1.71. The average molecular weight is 479 g/mol. The molecule has 1 saturated heterocycles. The van der Waals surface area contributed by atoms with Gasteiger partial charge in [0.15, 0.2) is 0 Å². The first-order valence-electron chi connectivity index (χ1n) is 12.1. The minimum Gasteiger partial charge on any atom is -0.489 e. The van der Waals surface area contributed by atoms with Crippen LogP contribution in [0.2, 0.25) is 5.02 Å². The fourth-order valence-corrected chi connectivity index (χ4v) is 5.04. The molecule has 0 saturated carbocycles. The molecular formula is C27H31ClN4O2. The van der Waals surface area contributed by atoms with Crippen molar-refractivity contribution in [3.63, 3.8) is 0 Å². The number of amidine groups is 1. The molecule has 1 aliphatic carbocycles. The standard InChI is InChI=1S/C27H31ClN4O2/c1-30-25-17-22(10-11-24(25)29-26(30)5-4-15-31-13-2-3-14-31)32-16-12-23(18-27(32)33)34-19-20-6-8-21(28)9-7-20/h6-12,16-18,24-25H,2-5,13-15,19H2,1H3. The number of rotatable bonds is 8. The van der Waals surface area contributed by atoms with Crippen LogP contribution < -0.4 is 10.3 Å². The average Bonchev–Trinajstić information content (AvgIpc) is 3.47. The van der Waals surface area contributed by atoms with Gasteiger partial charge in [-0.25, -0.2) is 0 Å². The highest BCUT2D eigenvalue weighted by molar-refractivity contribution is 6.30. The van der Waals surface area contributed by atoms with E-state index < -0.39 is 0 Å². The Bertz CT molecular complexity index is 1160. The van der Waals surface area contributed by atoms with Gasteiger partial charge in [-0.3, -0.25) is 14.4 Å². The lowest BCUT2D eigenvalue weighted by Crippen LogP contribution is -2.36. The molecule has 2 atom stereocenters. The van der Waals surface area contributed by atoms with Crippen LogP contribution in [0, 0.1) is 0 Å². The molecule has 3 heterocycles. The predicted molar refractivity (Wildman–Crippen MR) is 138 cm³/mol. The number of aliphatic imine (C=N–C) groups is 1. The molecule has 1 aromatic heterocycles. The summed E-state index contributed by atoms with van der Waals surface area (Å²) in [7, 11) is 2.11. The number of fused-ring (bicyclic) bond motifs is 1. The van der Waals surface area contributed by atoms with Crippen molar-refractivity contribution in [2.24, 2.45) is 4.99 Å². The van der Waals surface area contributed by atoms with Gasteiger partial charge in [-0.05, 0) is 74.8 Å². The normalized spacial score (nSPS) is 22.0. The number of halogens is 1. The molecule has 2 aromatic rings. The van der Waals surface area contributed by atoms with Crippen molar-refractivity contribution in [1.82, 2.24) is 14.4 Å². The smallest absolute Gasteiger partial charge is 0.258 e. The van der Waals surface area contributed by atoms with Crippen LogP contribution in [0.5, 0.6) is 5.75 Å². The Morgan fingerprint density at radius 2 is 1.94 bits per heavy atom. The molecule has 0 N–H and O–H groups in total. The van der Waals surface area contributed by atoms with Crippen LogP contribution in [-0.4, -0.2) is 59.0 Å². The molecule has 3 aliphatic rings. The molecule has 34 heavy (non-hydrogen) atoms. The Hall–Kier alpha value is -2.83. The van der Waals surface area contributed by atoms with Crippen molar-refractivity contribution in [2.45, 2.75) is 44.4 Å². The minimum atomic E-state index is -0.115. The fourth-order valence-electron chi connectivity index (χ4n) is 4.92. The van der Waals surface area contributed by atoms with Crippen LogP contribution in [-0.2, 0) is 6.61 Å². The van der Waals surface area contributed by atoms with E-state index in [9.17, 15) is 4.79 Å². The number of hydrogen-bond donors (Lipinski definition) is 0. The van der Waals surface area contributed by atoms with E-state index >= 15 is 0 Å². The Morgan fingerprint density at radius 1 is 1.15 bits per heavy atom. The lowest BCUT2D eigenvalue weighted by Gasteiger charge is -2.26. The van der Waals surface area contributed by atoms with E-state index in [1.165, 1.54) is 32.0 Å². The number of likely N-dealkylation sites (tertiary alicyclic amines) is 1. The zero-order valence-electron chi connectivity index (χ0n) is 19.6. The van der Waals surface area contributed by atoms with E-state index in [4.69, 9.17) is 21.3 Å². The third-order valence-corrected chi connectivity index (χ3v) is 7.12. The van der Waals surface area contributed by atoms with Crippen molar-refractivity contribution < 1.29 is 4.74 Å². The van der Waals surface area contributed by atoms with E-state index in [1.807, 2.05) is 36.4 Å². The molecule has 0 radical (unpaired) electrons. The number of nitrogens with zero attached hydrogens (tertiary/aromatic N) is 4. The summed E-state index contributed by atoms with van der Waals surface area (Å²) >= 11 is 5.93. The minimum absolute atomic E-state index is 0.115. The van der Waals surface area contributed by atoms with Crippen molar-refractivity contribution in [3.8, 4) is 5.75 Å². The van der Waals surface area contributed by atoms with Gasteiger partial charge in [0, 0.05) is 36.5 Å². The second kappa shape index (κ2) is 10.2. The summed E-state index contributed by atoms with van der Waals surface area (Å²) in [6.45, 7) is 4.01. The van der Waals surface area contributed by atoms with Crippen molar-refractivity contribution in [2.75, 3.05) is 26.7 Å². The molecule has 0 spiro atoms. The number of likely N-dealkylation sites (N-methyl/N-ethyl adjacent to an activating group) is 1. The Labute approximate surface area is 205 Å². The van der Waals surface area contributed by atoms with E-state index in [-0.39, 0.29) is 17.6 Å². The Balaban J connectivity index is 1.21. The molecule has 0 bridgehead atoms. The van der Waals surface area contributed by atoms with Gasteiger partial charge in [0.25, 0.3) is 5.56 Å². The maximum Gasteiger partial charge on any atom is 0.258 e. The summed E-state index contributed by atoms with van der Waals surface area (Å²) in [5.41, 5.74) is 1.75. The molecule has 1 aromatic carbocycles. The largest absolute Gasteiger partial charge is 0.489 e. The molecule has 6 nitrogen and oxygen atoms in total. The highest BCUT2D eigenvalue weighted by atomic mass is 35.5. The van der Waals surface area contributed by atoms with Crippen LogP contribution in [0.4, 0.5) is 0 Å². The lowest BCUT2D eigenvalue weighted by atomic mass is 10.0. The number of hydrogen-bond acceptors (Lipinski definition) is 5. The number of pyridine rings is 1. The third-order valence-electron chi connectivity index (χ3n) is 6.87. The Kier molecular flexibility index (Phi) is 6.88. The fraction of sp³-hybridized carbons (Fsp3) is 0.407. The molecular weight excluding hydrogens is 448 g/mol. The maximum absolute atomic E-state index is 12.8.